The lowest BCUT2D eigenvalue weighted by Gasteiger charge is -2.22. The summed E-state index contributed by atoms with van der Waals surface area (Å²) in [6.45, 7) is 1.05. The van der Waals surface area contributed by atoms with Crippen molar-refractivity contribution < 1.29 is 19.2 Å². The van der Waals surface area contributed by atoms with Gasteiger partial charge in [0.15, 0.2) is 0 Å². The summed E-state index contributed by atoms with van der Waals surface area (Å²) in [5, 5.41) is 0. The summed E-state index contributed by atoms with van der Waals surface area (Å²) in [5.74, 6) is -0.271. The van der Waals surface area contributed by atoms with E-state index in [4.69, 9.17) is 0 Å². The van der Waals surface area contributed by atoms with Crippen molar-refractivity contribution in [1.29, 1.82) is 0 Å². The molecule has 194 valence electrons. The quantitative estimate of drug-likeness (QED) is 0.436. The molecule has 0 aromatic carbocycles. The van der Waals surface area contributed by atoms with Gasteiger partial charge < -0.3 is 0 Å². The highest BCUT2D eigenvalue weighted by Gasteiger charge is 2.22. The van der Waals surface area contributed by atoms with E-state index in [0.29, 0.717) is 51.6 Å². The molecule has 0 aromatic rings. The minimum atomic E-state index is -0.100. The van der Waals surface area contributed by atoms with Crippen molar-refractivity contribution in [3.8, 4) is 0 Å². The lowest BCUT2D eigenvalue weighted by atomic mass is 10.0. The van der Waals surface area contributed by atoms with Crippen molar-refractivity contribution in [2.75, 3.05) is 13.1 Å². The lowest BCUT2D eigenvalue weighted by molar-refractivity contribution is -0.147. The summed E-state index contributed by atoms with van der Waals surface area (Å²) in [6, 6.07) is 0. The first-order valence-electron chi connectivity index (χ1n) is 14.3. The molecule has 0 atom stereocenters. The molecule has 0 radical (unpaired) electrons. The molecule has 0 unspecified atom stereocenters. The summed E-state index contributed by atoms with van der Waals surface area (Å²) in [5.41, 5.74) is 0. The van der Waals surface area contributed by atoms with Crippen molar-refractivity contribution >= 4 is 23.6 Å². The van der Waals surface area contributed by atoms with Crippen LogP contribution in [0.1, 0.15) is 141 Å². The second-order valence-corrected chi connectivity index (χ2v) is 10.2. The number of carbonyl (C=O) groups is 4. The first-order valence-corrected chi connectivity index (χ1v) is 14.3. The van der Waals surface area contributed by atoms with E-state index in [0.717, 1.165) is 51.4 Å². The van der Waals surface area contributed by atoms with Gasteiger partial charge in [-0.15, -0.1) is 0 Å². The highest BCUT2D eigenvalue weighted by atomic mass is 16.2. The van der Waals surface area contributed by atoms with Crippen molar-refractivity contribution in [2.45, 2.75) is 141 Å². The Hall–Kier alpha value is -1.72. The Morgan fingerprint density at radius 2 is 0.765 bits per heavy atom. The molecule has 2 saturated heterocycles. The van der Waals surface area contributed by atoms with Crippen molar-refractivity contribution in [3.63, 3.8) is 0 Å². The number of imide groups is 2. The second kappa shape index (κ2) is 17.7. The van der Waals surface area contributed by atoms with Crippen LogP contribution in [0.3, 0.4) is 0 Å². The topological polar surface area (TPSA) is 74.8 Å². The molecule has 0 N–H and O–H groups in total. The third-order valence-electron chi connectivity index (χ3n) is 7.28. The van der Waals surface area contributed by atoms with Crippen LogP contribution in [0.25, 0.3) is 0 Å². The van der Waals surface area contributed by atoms with Gasteiger partial charge in [-0.1, -0.05) is 77.0 Å². The average molecular weight is 477 g/mol. The van der Waals surface area contributed by atoms with E-state index in [1.807, 2.05) is 0 Å². The van der Waals surface area contributed by atoms with Gasteiger partial charge in [-0.25, -0.2) is 0 Å². The Labute approximate surface area is 207 Å². The molecular formula is C28H48N2O4. The van der Waals surface area contributed by atoms with Crippen LogP contribution in [0.15, 0.2) is 0 Å². The molecule has 0 aromatic heterocycles. The zero-order chi connectivity index (χ0) is 24.4. The van der Waals surface area contributed by atoms with E-state index in [-0.39, 0.29) is 23.6 Å². The lowest BCUT2D eigenvalue weighted by Crippen LogP contribution is -2.38. The van der Waals surface area contributed by atoms with Gasteiger partial charge >= 0.3 is 0 Å². The number of unbranched alkanes of at least 4 members (excludes halogenated alkanes) is 1. The van der Waals surface area contributed by atoms with E-state index in [9.17, 15) is 19.2 Å². The van der Waals surface area contributed by atoms with Crippen LogP contribution in [0.4, 0.5) is 0 Å². The highest BCUT2D eigenvalue weighted by molar-refractivity contribution is 5.96. The molecule has 4 amide bonds. The maximum atomic E-state index is 12.8. The predicted molar refractivity (Wildman–Crippen MR) is 135 cm³/mol. The fraction of sp³-hybridized carbons (Fsp3) is 0.857. The normalized spacial score (nSPS) is 21.1. The number of rotatable bonds is 5. The van der Waals surface area contributed by atoms with Crippen LogP contribution in [0.2, 0.25) is 0 Å². The summed E-state index contributed by atoms with van der Waals surface area (Å²) < 4.78 is 0. The minimum absolute atomic E-state index is 0.0356. The fourth-order valence-corrected chi connectivity index (χ4v) is 5.08. The predicted octanol–water partition coefficient (Wildman–Crippen LogP) is 6.31. The third kappa shape index (κ3) is 11.6. The van der Waals surface area contributed by atoms with E-state index in [1.165, 1.54) is 61.2 Å². The van der Waals surface area contributed by atoms with Gasteiger partial charge in [0.25, 0.3) is 0 Å². The molecule has 2 aliphatic rings. The maximum Gasteiger partial charge on any atom is 0.229 e. The second-order valence-electron chi connectivity index (χ2n) is 10.2. The van der Waals surface area contributed by atoms with E-state index in [1.54, 1.807) is 0 Å². The Morgan fingerprint density at radius 3 is 1.12 bits per heavy atom. The average Bonchev–Trinajstić information content (AvgIpc) is 2.81. The fourth-order valence-electron chi connectivity index (χ4n) is 5.08. The van der Waals surface area contributed by atoms with Crippen LogP contribution in [0.5, 0.6) is 0 Å². The number of hydrogen-bond acceptors (Lipinski definition) is 4. The zero-order valence-corrected chi connectivity index (χ0v) is 21.5. The molecule has 0 spiro atoms. The first kappa shape index (κ1) is 28.5. The van der Waals surface area contributed by atoms with E-state index in [2.05, 4.69) is 0 Å². The SMILES string of the molecule is O=C1CCCCCCCCCCN1C(=O)CCCCC(=O)N1CCCCCCCCCCC1=O. The van der Waals surface area contributed by atoms with Gasteiger partial charge in [0.1, 0.15) is 0 Å². The molecule has 6 nitrogen and oxygen atoms in total. The Balaban J connectivity index is 1.77. The molecule has 0 aliphatic carbocycles. The molecule has 6 heteroatoms. The van der Waals surface area contributed by atoms with Crippen molar-refractivity contribution in [3.05, 3.63) is 0 Å². The standard InChI is InChI=1S/C28H48N2O4/c31-25-19-13-9-5-1-3-7-11-17-23-29(25)27(33)21-15-16-22-28(34)30-24-18-12-8-4-2-6-10-14-20-26(30)32/h1-24H2. The molecule has 2 fully saturated rings. The maximum absolute atomic E-state index is 12.8. The number of nitrogens with zero attached hydrogens (tertiary/aromatic N) is 2. The van der Waals surface area contributed by atoms with Gasteiger partial charge in [0.2, 0.25) is 23.6 Å². The molecule has 2 rings (SSSR count). The van der Waals surface area contributed by atoms with E-state index < -0.39 is 0 Å². The Morgan fingerprint density at radius 1 is 0.471 bits per heavy atom. The minimum Gasteiger partial charge on any atom is -0.283 e. The van der Waals surface area contributed by atoms with Gasteiger partial charge in [0.05, 0.1) is 0 Å². The molecule has 34 heavy (non-hydrogen) atoms. The summed E-state index contributed by atoms with van der Waals surface area (Å²) in [4.78, 5) is 53.8. The van der Waals surface area contributed by atoms with Crippen molar-refractivity contribution in [1.82, 2.24) is 9.80 Å². The van der Waals surface area contributed by atoms with Crippen molar-refractivity contribution in [2.24, 2.45) is 0 Å². The van der Waals surface area contributed by atoms with Crippen LogP contribution >= 0.6 is 0 Å². The zero-order valence-electron chi connectivity index (χ0n) is 21.5. The van der Waals surface area contributed by atoms with Gasteiger partial charge in [-0.2, -0.15) is 0 Å². The number of amides is 4. The molecular weight excluding hydrogens is 428 g/mol. The smallest absolute Gasteiger partial charge is 0.229 e. The first-order chi connectivity index (χ1) is 16.6. The molecule has 0 saturated carbocycles. The van der Waals surface area contributed by atoms with Gasteiger partial charge in [-0.3, -0.25) is 29.0 Å². The monoisotopic (exact) mass is 476 g/mol. The van der Waals surface area contributed by atoms with Gasteiger partial charge in [-0.05, 0) is 38.5 Å². The Kier molecular flexibility index (Phi) is 14.8. The van der Waals surface area contributed by atoms with Gasteiger partial charge in [0, 0.05) is 38.8 Å². The summed E-state index contributed by atoms with van der Waals surface area (Å²) in [7, 11) is 0. The van der Waals surface area contributed by atoms with Crippen LogP contribution < -0.4 is 0 Å². The van der Waals surface area contributed by atoms with Crippen LogP contribution in [-0.4, -0.2) is 46.5 Å². The molecule has 2 aliphatic heterocycles. The molecule has 0 bridgehead atoms. The largest absolute Gasteiger partial charge is 0.283 e. The van der Waals surface area contributed by atoms with Crippen LogP contribution in [0, 0.1) is 0 Å². The third-order valence-corrected chi connectivity index (χ3v) is 7.28. The highest BCUT2D eigenvalue weighted by Crippen LogP contribution is 2.17. The molecule has 2 heterocycles. The number of hydrogen-bond donors (Lipinski definition) is 0. The summed E-state index contributed by atoms with van der Waals surface area (Å²) >= 11 is 0. The number of carbonyl (C=O) groups excluding carboxylic acids is 4. The summed E-state index contributed by atoms with van der Waals surface area (Å²) in [6.07, 6.45) is 20.1. The Bertz CT molecular complexity index is 580. The van der Waals surface area contributed by atoms with E-state index >= 15 is 0 Å². The van der Waals surface area contributed by atoms with Crippen LogP contribution in [-0.2, 0) is 19.2 Å².